The van der Waals surface area contributed by atoms with E-state index in [-0.39, 0.29) is 5.88 Å². The average Bonchev–Trinajstić information content (AvgIpc) is 2.10. The fourth-order valence-corrected chi connectivity index (χ4v) is 0.655. The summed E-state index contributed by atoms with van der Waals surface area (Å²) in [6.07, 6.45) is 3.09. The molecule has 1 rings (SSSR count). The molecule has 0 saturated carbocycles. The van der Waals surface area contributed by atoms with Crippen LogP contribution < -0.4 is 0 Å². The van der Waals surface area contributed by atoms with E-state index in [0.717, 1.165) is 5.82 Å². The molecule has 0 radical (unpaired) electrons. The average molecular weight is 124 g/mol. The molecule has 3 nitrogen and oxygen atoms in total. The maximum atomic E-state index is 8.79. The van der Waals surface area contributed by atoms with E-state index in [4.69, 9.17) is 5.11 Å². The van der Waals surface area contributed by atoms with Gasteiger partial charge in [-0.2, -0.15) is 4.98 Å². The number of imidazole rings is 1. The van der Waals surface area contributed by atoms with Crippen molar-refractivity contribution in [3.63, 3.8) is 0 Å². The van der Waals surface area contributed by atoms with Gasteiger partial charge in [-0.25, -0.2) is 0 Å². The first-order chi connectivity index (χ1) is 4.24. The molecule has 1 aromatic rings. The van der Waals surface area contributed by atoms with Crippen LogP contribution in [0.4, 0.5) is 0 Å². The molecule has 1 aromatic heterocycles. The van der Waals surface area contributed by atoms with E-state index < -0.39 is 0 Å². The molecular formula is C6H8N2O. The minimum atomic E-state index is 0.0346. The van der Waals surface area contributed by atoms with Crippen molar-refractivity contribution in [3.05, 3.63) is 18.6 Å². The highest BCUT2D eigenvalue weighted by Crippen LogP contribution is 2.06. The summed E-state index contributed by atoms with van der Waals surface area (Å²) in [7, 11) is 0. The molecule has 0 amide bonds. The molecule has 1 N–H and O–H groups in total. The van der Waals surface area contributed by atoms with Crippen LogP contribution >= 0.6 is 0 Å². The first-order valence-corrected chi connectivity index (χ1v) is 2.61. The van der Waals surface area contributed by atoms with E-state index in [9.17, 15) is 0 Å². The van der Waals surface area contributed by atoms with Crippen molar-refractivity contribution in [1.29, 1.82) is 0 Å². The zero-order valence-electron chi connectivity index (χ0n) is 5.20. The Morgan fingerprint density at radius 2 is 2.56 bits per heavy atom. The number of hydrogen-bond acceptors (Lipinski definition) is 2. The second-order valence-corrected chi connectivity index (χ2v) is 1.74. The molecular weight excluding hydrogens is 116 g/mol. The van der Waals surface area contributed by atoms with Crippen LogP contribution in [0, 0.1) is 6.92 Å². The van der Waals surface area contributed by atoms with Crippen molar-refractivity contribution in [2.45, 2.75) is 6.92 Å². The minimum absolute atomic E-state index is 0.0346. The highest BCUT2D eigenvalue weighted by atomic mass is 16.3. The van der Waals surface area contributed by atoms with E-state index in [2.05, 4.69) is 11.6 Å². The Balaban J connectivity index is 3.15. The summed E-state index contributed by atoms with van der Waals surface area (Å²) in [5.74, 6) is 0.773. The summed E-state index contributed by atoms with van der Waals surface area (Å²) in [6.45, 7) is 5.31. The third-order valence-electron chi connectivity index (χ3n) is 1.10. The number of hydrogen-bond donors (Lipinski definition) is 1. The Kier molecular flexibility index (Phi) is 1.26. The highest BCUT2D eigenvalue weighted by Gasteiger charge is 1.96. The molecule has 48 valence electrons. The first-order valence-electron chi connectivity index (χ1n) is 2.61. The second-order valence-electron chi connectivity index (χ2n) is 1.74. The summed E-state index contributed by atoms with van der Waals surface area (Å²) < 4.78 is 1.65. The third kappa shape index (κ3) is 0.937. The molecule has 0 unspecified atom stereocenters. The van der Waals surface area contributed by atoms with Gasteiger partial charge in [0.1, 0.15) is 5.82 Å². The standard InChI is InChI=1S/C6H8N2O/c1-3-8-4-6(9)7-5(8)2/h3-4,9H,1H2,2H3. The van der Waals surface area contributed by atoms with Gasteiger partial charge in [0, 0.05) is 6.20 Å². The van der Waals surface area contributed by atoms with Crippen molar-refractivity contribution in [1.82, 2.24) is 9.55 Å². The molecule has 0 aliphatic carbocycles. The predicted octanol–water partition coefficient (Wildman–Crippen LogP) is 0.998. The molecule has 3 heteroatoms. The van der Waals surface area contributed by atoms with E-state index in [1.165, 1.54) is 6.20 Å². The van der Waals surface area contributed by atoms with Gasteiger partial charge in [0.25, 0.3) is 0 Å². The summed E-state index contributed by atoms with van der Waals surface area (Å²) in [4.78, 5) is 3.73. The quantitative estimate of drug-likeness (QED) is 0.606. The molecule has 0 aromatic carbocycles. The fraction of sp³-hybridized carbons (Fsp3) is 0.167. The van der Waals surface area contributed by atoms with Crippen molar-refractivity contribution in [2.75, 3.05) is 0 Å². The molecule has 0 saturated heterocycles. The summed E-state index contributed by atoms with van der Waals surface area (Å²) >= 11 is 0. The number of rotatable bonds is 1. The molecule has 0 spiro atoms. The summed E-state index contributed by atoms with van der Waals surface area (Å²) in [5.41, 5.74) is 0. The van der Waals surface area contributed by atoms with Crippen LogP contribution in [-0.2, 0) is 0 Å². The maximum Gasteiger partial charge on any atom is 0.229 e. The smallest absolute Gasteiger partial charge is 0.229 e. The van der Waals surface area contributed by atoms with Gasteiger partial charge in [0.05, 0.1) is 6.20 Å². The van der Waals surface area contributed by atoms with Crippen LogP contribution in [0.5, 0.6) is 5.88 Å². The van der Waals surface area contributed by atoms with Gasteiger partial charge in [0.15, 0.2) is 0 Å². The molecule has 0 atom stereocenters. The number of nitrogens with zero attached hydrogens (tertiary/aromatic N) is 2. The van der Waals surface area contributed by atoms with Gasteiger partial charge in [-0.1, -0.05) is 6.58 Å². The van der Waals surface area contributed by atoms with Gasteiger partial charge in [-0.15, -0.1) is 0 Å². The van der Waals surface area contributed by atoms with Crippen molar-refractivity contribution in [3.8, 4) is 5.88 Å². The van der Waals surface area contributed by atoms with Crippen LogP contribution in [0.3, 0.4) is 0 Å². The first kappa shape index (κ1) is 5.88. The molecule has 0 bridgehead atoms. The number of aromatic nitrogens is 2. The summed E-state index contributed by atoms with van der Waals surface area (Å²) in [5, 5.41) is 8.79. The van der Waals surface area contributed by atoms with Crippen LogP contribution in [0.2, 0.25) is 0 Å². The third-order valence-corrected chi connectivity index (χ3v) is 1.10. The predicted molar refractivity (Wildman–Crippen MR) is 35.0 cm³/mol. The number of aryl methyl sites for hydroxylation is 1. The van der Waals surface area contributed by atoms with E-state index >= 15 is 0 Å². The lowest BCUT2D eigenvalue weighted by molar-refractivity contribution is 0.455. The van der Waals surface area contributed by atoms with Crippen LogP contribution in [0.1, 0.15) is 5.82 Å². The van der Waals surface area contributed by atoms with Gasteiger partial charge in [-0.05, 0) is 6.92 Å². The van der Waals surface area contributed by atoms with Crippen molar-refractivity contribution < 1.29 is 5.11 Å². The van der Waals surface area contributed by atoms with Gasteiger partial charge < -0.3 is 9.67 Å². The molecule has 1 heterocycles. The van der Waals surface area contributed by atoms with E-state index in [1.54, 1.807) is 17.7 Å². The molecule has 0 aliphatic rings. The maximum absolute atomic E-state index is 8.79. The monoisotopic (exact) mass is 124 g/mol. The van der Waals surface area contributed by atoms with Crippen molar-refractivity contribution >= 4 is 6.20 Å². The van der Waals surface area contributed by atoms with Gasteiger partial charge >= 0.3 is 0 Å². The Morgan fingerprint density at radius 3 is 2.78 bits per heavy atom. The second kappa shape index (κ2) is 1.93. The lowest BCUT2D eigenvalue weighted by Crippen LogP contribution is -1.84. The largest absolute Gasteiger partial charge is 0.492 e. The summed E-state index contributed by atoms with van der Waals surface area (Å²) in [6, 6.07) is 0. The zero-order chi connectivity index (χ0) is 6.85. The minimum Gasteiger partial charge on any atom is -0.492 e. The van der Waals surface area contributed by atoms with Crippen LogP contribution in [0.15, 0.2) is 12.8 Å². The lowest BCUT2D eigenvalue weighted by atomic mass is 10.7. The zero-order valence-corrected chi connectivity index (χ0v) is 5.20. The Bertz CT molecular complexity index is 227. The SMILES string of the molecule is C=Cn1cc(O)nc1C. The molecule has 9 heavy (non-hydrogen) atoms. The topological polar surface area (TPSA) is 38.0 Å². The van der Waals surface area contributed by atoms with E-state index in [0.29, 0.717) is 0 Å². The van der Waals surface area contributed by atoms with Crippen LogP contribution in [0.25, 0.3) is 6.20 Å². The molecule has 0 aliphatic heterocycles. The Hall–Kier alpha value is -1.25. The van der Waals surface area contributed by atoms with Gasteiger partial charge in [-0.3, -0.25) is 0 Å². The Labute approximate surface area is 53.3 Å². The van der Waals surface area contributed by atoms with E-state index in [1.807, 2.05) is 0 Å². The number of aromatic hydroxyl groups is 1. The highest BCUT2D eigenvalue weighted by molar-refractivity contribution is 5.23. The molecule has 0 fully saturated rings. The Morgan fingerprint density at radius 1 is 1.89 bits per heavy atom. The lowest BCUT2D eigenvalue weighted by Gasteiger charge is -1.89. The van der Waals surface area contributed by atoms with Crippen molar-refractivity contribution in [2.24, 2.45) is 0 Å². The fourth-order valence-electron chi connectivity index (χ4n) is 0.655. The van der Waals surface area contributed by atoms with Gasteiger partial charge in [0.2, 0.25) is 5.88 Å². The normalized spacial score (nSPS) is 9.44. The van der Waals surface area contributed by atoms with Crippen LogP contribution in [-0.4, -0.2) is 14.7 Å².